The van der Waals surface area contributed by atoms with Crippen molar-refractivity contribution in [3.8, 4) is 5.75 Å². The van der Waals surface area contributed by atoms with Crippen molar-refractivity contribution in [1.29, 1.82) is 0 Å². The molecule has 6 heteroatoms. The van der Waals surface area contributed by atoms with E-state index in [0.717, 1.165) is 11.3 Å². The molecule has 0 aromatic heterocycles. The maximum atomic E-state index is 13.8. The maximum absolute atomic E-state index is 13.8. The van der Waals surface area contributed by atoms with E-state index in [1.54, 1.807) is 30.0 Å². The number of methoxy groups -OCH3 is 1. The van der Waals surface area contributed by atoms with Crippen molar-refractivity contribution < 1.29 is 18.7 Å². The smallest absolute Gasteiger partial charge is 0.255 e. The second-order valence-electron chi connectivity index (χ2n) is 7.26. The zero-order valence-electron chi connectivity index (χ0n) is 15.5. The van der Waals surface area contributed by atoms with Crippen LogP contribution in [0.2, 0.25) is 0 Å². The number of carbonyl (C=O) groups is 2. The van der Waals surface area contributed by atoms with E-state index in [2.05, 4.69) is 0 Å². The second kappa shape index (κ2) is 6.08. The van der Waals surface area contributed by atoms with Gasteiger partial charge in [-0.25, -0.2) is 4.39 Å². The number of fused-ring (bicyclic) bond motifs is 2. The number of halogens is 1. The van der Waals surface area contributed by atoms with Crippen molar-refractivity contribution in [3.05, 3.63) is 65.0 Å². The standard InChI is InChI=1S/C21H21FN2O3/c1-13-11-21(20(26)23(13)2)18-9-6-15(22)10-17(18)19(25)24(21)12-14-4-7-16(27-3)8-5-14/h4-10,13H,11-12H2,1-3H3/t13-,21?/m0/s1. The predicted octanol–water partition coefficient (Wildman–Crippen LogP) is 2.94. The van der Waals surface area contributed by atoms with Gasteiger partial charge in [-0.05, 0) is 36.8 Å². The lowest BCUT2D eigenvalue weighted by atomic mass is 9.86. The van der Waals surface area contributed by atoms with E-state index >= 15 is 0 Å². The van der Waals surface area contributed by atoms with Crippen LogP contribution in [0, 0.1) is 5.82 Å². The third-order valence-electron chi connectivity index (χ3n) is 5.79. The van der Waals surface area contributed by atoms with Gasteiger partial charge in [-0.1, -0.05) is 18.2 Å². The number of nitrogens with zero attached hydrogens (tertiary/aromatic N) is 2. The van der Waals surface area contributed by atoms with Gasteiger partial charge in [0.2, 0.25) is 0 Å². The maximum Gasteiger partial charge on any atom is 0.255 e. The summed E-state index contributed by atoms with van der Waals surface area (Å²) >= 11 is 0. The van der Waals surface area contributed by atoms with Crippen LogP contribution in [0.3, 0.4) is 0 Å². The van der Waals surface area contributed by atoms with Crippen LogP contribution in [0.5, 0.6) is 5.75 Å². The average molecular weight is 368 g/mol. The van der Waals surface area contributed by atoms with Crippen LogP contribution in [-0.2, 0) is 16.9 Å². The minimum absolute atomic E-state index is 0.0142. The first-order valence-corrected chi connectivity index (χ1v) is 8.90. The SMILES string of the molecule is COc1ccc(CN2C(=O)c3cc(F)ccc3C23C[C@H](C)N(C)C3=O)cc1. The molecule has 1 saturated heterocycles. The first-order chi connectivity index (χ1) is 12.9. The molecule has 1 unspecified atom stereocenters. The Bertz CT molecular complexity index is 928. The molecule has 2 aliphatic heterocycles. The van der Waals surface area contributed by atoms with Crippen LogP contribution in [-0.4, -0.2) is 41.8 Å². The predicted molar refractivity (Wildman–Crippen MR) is 97.8 cm³/mol. The molecule has 0 radical (unpaired) electrons. The number of ether oxygens (including phenoxy) is 1. The monoisotopic (exact) mass is 368 g/mol. The van der Waals surface area contributed by atoms with Crippen LogP contribution < -0.4 is 4.74 Å². The Kier molecular flexibility index (Phi) is 3.94. The van der Waals surface area contributed by atoms with E-state index in [0.29, 0.717) is 12.0 Å². The number of likely N-dealkylation sites (tertiary alicyclic amines) is 1. The largest absolute Gasteiger partial charge is 0.497 e. The van der Waals surface area contributed by atoms with Crippen molar-refractivity contribution in [2.24, 2.45) is 0 Å². The van der Waals surface area contributed by atoms with Crippen LogP contribution >= 0.6 is 0 Å². The molecular weight excluding hydrogens is 347 g/mol. The average Bonchev–Trinajstić information content (AvgIpc) is 3.03. The van der Waals surface area contributed by atoms with E-state index in [1.165, 1.54) is 12.1 Å². The van der Waals surface area contributed by atoms with Crippen molar-refractivity contribution >= 4 is 11.8 Å². The summed E-state index contributed by atoms with van der Waals surface area (Å²) in [6, 6.07) is 11.5. The molecule has 5 nitrogen and oxygen atoms in total. The highest BCUT2D eigenvalue weighted by Gasteiger charge is 2.60. The van der Waals surface area contributed by atoms with Gasteiger partial charge in [0.25, 0.3) is 11.8 Å². The molecular formula is C21H21FN2O3. The lowest BCUT2D eigenvalue weighted by Gasteiger charge is -2.34. The van der Waals surface area contributed by atoms with Gasteiger partial charge in [-0.3, -0.25) is 9.59 Å². The van der Waals surface area contributed by atoms with Gasteiger partial charge in [0.1, 0.15) is 11.6 Å². The molecule has 27 heavy (non-hydrogen) atoms. The highest BCUT2D eigenvalue weighted by Crippen LogP contribution is 2.48. The van der Waals surface area contributed by atoms with Gasteiger partial charge in [-0.15, -0.1) is 0 Å². The number of hydrogen-bond acceptors (Lipinski definition) is 3. The fraction of sp³-hybridized carbons (Fsp3) is 0.333. The first-order valence-electron chi connectivity index (χ1n) is 8.90. The van der Waals surface area contributed by atoms with Crippen LogP contribution in [0.15, 0.2) is 42.5 Å². The molecule has 2 aromatic rings. The van der Waals surface area contributed by atoms with E-state index in [1.807, 2.05) is 31.2 Å². The zero-order valence-corrected chi connectivity index (χ0v) is 15.5. The van der Waals surface area contributed by atoms with Gasteiger partial charge in [0.05, 0.1) is 7.11 Å². The minimum atomic E-state index is -1.08. The molecule has 0 bridgehead atoms. The van der Waals surface area contributed by atoms with Crippen LogP contribution in [0.4, 0.5) is 4.39 Å². The van der Waals surface area contributed by atoms with Crippen molar-refractivity contribution in [3.63, 3.8) is 0 Å². The number of amides is 2. The number of carbonyl (C=O) groups excluding carboxylic acids is 2. The summed E-state index contributed by atoms with van der Waals surface area (Å²) < 4.78 is 19.0. The molecule has 2 aliphatic rings. The van der Waals surface area contributed by atoms with Gasteiger partial charge in [0.15, 0.2) is 5.54 Å². The lowest BCUT2D eigenvalue weighted by Crippen LogP contribution is -2.48. The zero-order chi connectivity index (χ0) is 19.3. The van der Waals surface area contributed by atoms with Crippen LogP contribution in [0.25, 0.3) is 0 Å². The molecule has 0 saturated carbocycles. The third-order valence-corrected chi connectivity index (χ3v) is 5.79. The van der Waals surface area contributed by atoms with Crippen molar-refractivity contribution in [1.82, 2.24) is 9.80 Å². The molecule has 1 fully saturated rings. The molecule has 2 aromatic carbocycles. The Morgan fingerprint density at radius 2 is 1.89 bits per heavy atom. The fourth-order valence-corrected chi connectivity index (χ4v) is 4.23. The second-order valence-corrected chi connectivity index (χ2v) is 7.26. The Morgan fingerprint density at radius 1 is 1.19 bits per heavy atom. The molecule has 0 aliphatic carbocycles. The van der Waals surface area contributed by atoms with Gasteiger partial charge in [-0.2, -0.15) is 0 Å². The normalized spacial score (nSPS) is 24.1. The minimum Gasteiger partial charge on any atom is -0.497 e. The summed E-state index contributed by atoms with van der Waals surface area (Å²) in [7, 11) is 3.34. The third kappa shape index (κ3) is 2.43. The molecule has 4 rings (SSSR count). The lowest BCUT2D eigenvalue weighted by molar-refractivity contribution is -0.136. The number of rotatable bonds is 3. The molecule has 2 heterocycles. The number of likely N-dealkylation sites (N-methyl/N-ethyl adjacent to an activating group) is 1. The Hall–Kier alpha value is -2.89. The topological polar surface area (TPSA) is 49.9 Å². The first kappa shape index (κ1) is 17.5. The van der Waals surface area contributed by atoms with Gasteiger partial charge in [0, 0.05) is 37.2 Å². The molecule has 2 amide bonds. The van der Waals surface area contributed by atoms with E-state index in [-0.39, 0.29) is 30.0 Å². The number of hydrogen-bond donors (Lipinski definition) is 0. The van der Waals surface area contributed by atoms with E-state index in [9.17, 15) is 14.0 Å². The Labute approximate surface area is 157 Å². The van der Waals surface area contributed by atoms with Gasteiger partial charge < -0.3 is 14.5 Å². The van der Waals surface area contributed by atoms with Crippen LogP contribution in [0.1, 0.15) is 34.8 Å². The Balaban J connectivity index is 1.81. The van der Waals surface area contributed by atoms with E-state index < -0.39 is 11.4 Å². The van der Waals surface area contributed by atoms with Gasteiger partial charge >= 0.3 is 0 Å². The summed E-state index contributed by atoms with van der Waals surface area (Å²) in [6.07, 6.45) is 0.489. The fourth-order valence-electron chi connectivity index (χ4n) is 4.23. The quantitative estimate of drug-likeness (QED) is 0.837. The highest BCUT2D eigenvalue weighted by molar-refractivity contribution is 6.07. The summed E-state index contributed by atoms with van der Waals surface area (Å²) in [5.74, 6) is -0.189. The number of benzene rings is 2. The molecule has 140 valence electrons. The summed E-state index contributed by atoms with van der Waals surface area (Å²) in [5, 5.41) is 0. The van der Waals surface area contributed by atoms with Crippen molar-refractivity contribution in [2.45, 2.75) is 31.5 Å². The Morgan fingerprint density at radius 3 is 2.48 bits per heavy atom. The summed E-state index contributed by atoms with van der Waals surface area (Å²) in [6.45, 7) is 2.23. The highest BCUT2D eigenvalue weighted by atomic mass is 19.1. The van der Waals surface area contributed by atoms with Crippen molar-refractivity contribution in [2.75, 3.05) is 14.2 Å². The molecule has 2 atom stereocenters. The summed E-state index contributed by atoms with van der Waals surface area (Å²) in [4.78, 5) is 29.7. The molecule has 0 N–H and O–H groups in total. The van der Waals surface area contributed by atoms with E-state index in [4.69, 9.17) is 4.74 Å². The molecule has 1 spiro atoms. The summed E-state index contributed by atoms with van der Waals surface area (Å²) in [5.41, 5.74) is 0.684.